The maximum atomic E-state index is 12.4. The Hall–Kier alpha value is -3.16. The predicted octanol–water partition coefficient (Wildman–Crippen LogP) is 0.907. The van der Waals surface area contributed by atoms with Crippen LogP contribution in [-0.4, -0.2) is 33.2 Å². The fourth-order valence-electron chi connectivity index (χ4n) is 2.00. The largest absolute Gasteiger partial charge is 0.495 e. The molecule has 0 aliphatic carbocycles. The zero-order valence-corrected chi connectivity index (χ0v) is 11.0. The average molecular weight is 285 g/mol. The highest BCUT2D eigenvalue weighted by molar-refractivity contribution is 6.05. The Kier molecular flexibility index (Phi) is 3.11. The number of benzene rings is 1. The number of aromatic amines is 2. The fourth-order valence-corrected chi connectivity index (χ4v) is 2.00. The molecule has 1 aromatic carbocycles. The molecule has 0 aliphatic heterocycles. The summed E-state index contributed by atoms with van der Waals surface area (Å²) in [6.45, 7) is 0. The number of methoxy groups -OCH3 is 1. The number of hydrogen-bond donors (Lipinski definition) is 3. The van der Waals surface area contributed by atoms with Crippen LogP contribution >= 0.6 is 0 Å². The number of anilines is 1. The number of rotatable bonds is 3. The minimum absolute atomic E-state index is 0.0212. The Morgan fingerprint density at radius 1 is 1.38 bits per heavy atom. The van der Waals surface area contributed by atoms with Crippen LogP contribution in [0.1, 0.15) is 10.4 Å². The van der Waals surface area contributed by atoms with E-state index >= 15 is 0 Å². The second-order valence-electron chi connectivity index (χ2n) is 4.20. The van der Waals surface area contributed by atoms with Crippen molar-refractivity contribution in [2.75, 3.05) is 12.4 Å². The zero-order valence-electron chi connectivity index (χ0n) is 11.0. The van der Waals surface area contributed by atoms with Gasteiger partial charge in [0.15, 0.2) is 0 Å². The summed E-state index contributed by atoms with van der Waals surface area (Å²) < 4.78 is 5.17. The van der Waals surface area contributed by atoms with Gasteiger partial charge < -0.3 is 9.72 Å². The van der Waals surface area contributed by atoms with Crippen molar-refractivity contribution in [2.24, 2.45) is 0 Å². The quantitative estimate of drug-likeness (QED) is 0.662. The molecule has 0 unspecified atom stereocenters. The first kappa shape index (κ1) is 12.9. The van der Waals surface area contributed by atoms with E-state index in [0.29, 0.717) is 16.7 Å². The molecular weight excluding hydrogens is 274 g/mol. The zero-order chi connectivity index (χ0) is 14.8. The Morgan fingerprint density at radius 2 is 2.24 bits per heavy atom. The molecular formula is C13H11N5O3. The lowest BCUT2D eigenvalue weighted by atomic mass is 10.1. The number of carbonyl (C=O) groups excluding carboxylic acids is 1. The Bertz CT molecular complexity index is 854. The number of fused-ring (bicyclic) bond motifs is 1. The standard InChI is InChI=1S/C13H11N5O3/c1-21-9-4-2-3-7-10(9)14-5-8(11(7)19)12(20)17-13-15-6-16-18-13/h2-6H,1H3,(H,14,19)(H2,15,16,17,18,20). The second-order valence-corrected chi connectivity index (χ2v) is 4.20. The van der Waals surface area contributed by atoms with E-state index < -0.39 is 5.91 Å². The lowest BCUT2D eigenvalue weighted by Gasteiger charge is -2.06. The maximum Gasteiger partial charge on any atom is 0.263 e. The normalized spacial score (nSPS) is 10.5. The van der Waals surface area contributed by atoms with Crippen LogP contribution in [0.15, 0.2) is 35.5 Å². The highest BCUT2D eigenvalue weighted by Gasteiger charge is 2.15. The van der Waals surface area contributed by atoms with Crippen molar-refractivity contribution in [3.05, 3.63) is 46.5 Å². The van der Waals surface area contributed by atoms with E-state index in [9.17, 15) is 9.59 Å². The van der Waals surface area contributed by atoms with Crippen LogP contribution < -0.4 is 15.5 Å². The van der Waals surface area contributed by atoms with Crippen LogP contribution in [0.25, 0.3) is 10.9 Å². The number of aromatic nitrogens is 4. The Balaban J connectivity index is 2.06. The van der Waals surface area contributed by atoms with Gasteiger partial charge >= 0.3 is 0 Å². The van der Waals surface area contributed by atoms with Crippen LogP contribution in [-0.2, 0) is 0 Å². The van der Waals surface area contributed by atoms with Crippen LogP contribution in [0.5, 0.6) is 5.75 Å². The Labute approximate surface area is 118 Å². The molecule has 0 spiro atoms. The van der Waals surface area contributed by atoms with E-state index in [1.807, 2.05) is 0 Å². The molecule has 0 aliphatic rings. The monoisotopic (exact) mass is 285 g/mol. The van der Waals surface area contributed by atoms with Crippen LogP contribution in [0.2, 0.25) is 0 Å². The van der Waals surface area contributed by atoms with Gasteiger partial charge in [0.1, 0.15) is 17.6 Å². The van der Waals surface area contributed by atoms with Crippen molar-refractivity contribution in [2.45, 2.75) is 0 Å². The number of carbonyl (C=O) groups is 1. The molecule has 2 heterocycles. The third-order valence-electron chi connectivity index (χ3n) is 2.99. The Morgan fingerprint density at radius 3 is 2.95 bits per heavy atom. The number of pyridine rings is 1. The molecule has 8 nitrogen and oxygen atoms in total. The van der Waals surface area contributed by atoms with Gasteiger partial charge in [-0.05, 0) is 12.1 Å². The van der Waals surface area contributed by atoms with Gasteiger partial charge in [-0.15, -0.1) is 0 Å². The van der Waals surface area contributed by atoms with E-state index in [1.165, 1.54) is 19.6 Å². The van der Waals surface area contributed by atoms with E-state index in [1.54, 1.807) is 18.2 Å². The summed E-state index contributed by atoms with van der Waals surface area (Å²) in [5.74, 6) is 0.134. The van der Waals surface area contributed by atoms with Crippen molar-refractivity contribution >= 4 is 22.8 Å². The molecule has 21 heavy (non-hydrogen) atoms. The molecule has 0 fully saturated rings. The highest BCUT2D eigenvalue weighted by Crippen LogP contribution is 2.20. The molecule has 0 saturated heterocycles. The predicted molar refractivity (Wildman–Crippen MR) is 75.5 cm³/mol. The average Bonchev–Trinajstić information content (AvgIpc) is 3.00. The SMILES string of the molecule is COc1cccc2c(=O)c(C(=O)Nc3ncn[nH]3)c[nH]c12. The summed E-state index contributed by atoms with van der Waals surface area (Å²) in [7, 11) is 1.51. The second kappa shape index (κ2) is 5.08. The summed E-state index contributed by atoms with van der Waals surface area (Å²) in [5, 5.41) is 8.93. The van der Waals surface area contributed by atoms with Gasteiger partial charge in [-0.2, -0.15) is 10.1 Å². The third-order valence-corrected chi connectivity index (χ3v) is 2.99. The van der Waals surface area contributed by atoms with Crippen molar-refractivity contribution in [3.8, 4) is 5.75 Å². The lowest BCUT2D eigenvalue weighted by Crippen LogP contribution is -2.22. The van der Waals surface area contributed by atoms with E-state index in [2.05, 4.69) is 25.5 Å². The van der Waals surface area contributed by atoms with Gasteiger partial charge in [0.25, 0.3) is 5.91 Å². The molecule has 1 amide bonds. The van der Waals surface area contributed by atoms with Gasteiger partial charge in [0.2, 0.25) is 11.4 Å². The summed E-state index contributed by atoms with van der Waals surface area (Å²) in [4.78, 5) is 31.1. The van der Waals surface area contributed by atoms with E-state index in [4.69, 9.17) is 4.74 Å². The van der Waals surface area contributed by atoms with E-state index in [-0.39, 0.29) is 16.9 Å². The number of nitrogens with zero attached hydrogens (tertiary/aromatic N) is 2. The first-order valence-electron chi connectivity index (χ1n) is 6.06. The molecule has 106 valence electrons. The molecule has 0 saturated carbocycles. The minimum atomic E-state index is -0.572. The highest BCUT2D eigenvalue weighted by atomic mass is 16.5. The maximum absolute atomic E-state index is 12.4. The lowest BCUT2D eigenvalue weighted by molar-refractivity contribution is 0.102. The van der Waals surface area contributed by atoms with Gasteiger partial charge in [-0.3, -0.25) is 14.9 Å². The van der Waals surface area contributed by atoms with Gasteiger partial charge in [-0.25, -0.2) is 5.10 Å². The number of nitrogens with one attached hydrogen (secondary N) is 3. The van der Waals surface area contributed by atoms with Crippen LogP contribution in [0.4, 0.5) is 5.95 Å². The van der Waals surface area contributed by atoms with Gasteiger partial charge in [-0.1, -0.05) is 6.07 Å². The molecule has 2 aromatic heterocycles. The molecule has 3 N–H and O–H groups in total. The van der Waals surface area contributed by atoms with Crippen molar-refractivity contribution in [1.29, 1.82) is 0 Å². The number of hydrogen-bond acceptors (Lipinski definition) is 5. The molecule has 3 rings (SSSR count). The number of H-pyrrole nitrogens is 2. The molecule has 3 aromatic rings. The smallest absolute Gasteiger partial charge is 0.263 e. The van der Waals surface area contributed by atoms with Crippen molar-refractivity contribution < 1.29 is 9.53 Å². The van der Waals surface area contributed by atoms with Crippen LogP contribution in [0, 0.1) is 0 Å². The van der Waals surface area contributed by atoms with E-state index in [0.717, 1.165) is 0 Å². The number of ether oxygens (including phenoxy) is 1. The molecule has 0 bridgehead atoms. The van der Waals surface area contributed by atoms with Gasteiger partial charge in [0, 0.05) is 6.20 Å². The topological polar surface area (TPSA) is 113 Å². The summed E-state index contributed by atoms with van der Waals surface area (Å²) in [5.41, 5.74) is 0.132. The number of para-hydroxylation sites is 1. The van der Waals surface area contributed by atoms with Crippen molar-refractivity contribution in [1.82, 2.24) is 20.2 Å². The summed E-state index contributed by atoms with van der Waals surface area (Å²) in [6, 6.07) is 5.04. The van der Waals surface area contributed by atoms with Crippen LogP contribution in [0.3, 0.4) is 0 Å². The van der Waals surface area contributed by atoms with Gasteiger partial charge in [0.05, 0.1) is 18.0 Å². The first-order valence-corrected chi connectivity index (χ1v) is 6.06. The molecule has 8 heteroatoms. The summed E-state index contributed by atoms with van der Waals surface area (Å²) in [6.07, 6.45) is 2.60. The molecule has 0 atom stereocenters. The third kappa shape index (κ3) is 2.22. The summed E-state index contributed by atoms with van der Waals surface area (Å²) >= 11 is 0. The fraction of sp³-hybridized carbons (Fsp3) is 0.0769. The molecule has 0 radical (unpaired) electrons. The number of amides is 1. The minimum Gasteiger partial charge on any atom is -0.495 e. The first-order chi connectivity index (χ1) is 10.2. The van der Waals surface area contributed by atoms with Crippen molar-refractivity contribution in [3.63, 3.8) is 0 Å².